The van der Waals surface area contributed by atoms with Crippen LogP contribution in [0, 0.1) is 0 Å². The quantitative estimate of drug-likeness (QED) is 0.172. The minimum Gasteiger partial charge on any atom is -0.436 e. The Bertz CT molecular complexity index is 2690. The Kier molecular flexibility index (Phi) is 6.95. The third-order valence-electron chi connectivity index (χ3n) is 9.13. The molecular formula is C44H26N6O2. The number of pyridine rings is 1. The number of benzene rings is 6. The molecule has 0 atom stereocenters. The van der Waals surface area contributed by atoms with Crippen LogP contribution in [0.15, 0.2) is 167 Å². The van der Waals surface area contributed by atoms with Crippen LogP contribution in [-0.2, 0) is 0 Å². The second kappa shape index (κ2) is 12.2. The maximum Gasteiger partial charge on any atom is 0.227 e. The van der Waals surface area contributed by atoms with Gasteiger partial charge in [-0.2, -0.15) is 0 Å². The molecule has 10 rings (SSSR count). The largest absolute Gasteiger partial charge is 0.436 e. The standard InChI is InChI=1S/C44H26N6O2/c1-2-8-34-33(7-1)25-45-26-35(34)27-13-15-28(16-14-27)40-48-41(29-17-21-31(22-18-29)43-46-36-9-3-5-11-38(36)51-43)50-42(49-40)30-19-23-32(24-20-30)44-47-37-10-4-6-12-39(37)52-44/h1-26H. The topological polar surface area (TPSA) is 104 Å². The highest BCUT2D eigenvalue weighted by molar-refractivity contribution is 5.96. The molecule has 8 nitrogen and oxygen atoms in total. The molecular weight excluding hydrogens is 645 g/mol. The second-order valence-corrected chi connectivity index (χ2v) is 12.4. The van der Waals surface area contributed by atoms with Gasteiger partial charge in [-0.25, -0.2) is 24.9 Å². The van der Waals surface area contributed by atoms with E-state index in [0.717, 1.165) is 71.9 Å². The molecule has 0 saturated carbocycles. The molecule has 8 heteroatoms. The molecule has 0 unspecified atom stereocenters. The molecule has 0 radical (unpaired) electrons. The molecule has 244 valence electrons. The number of aromatic nitrogens is 6. The van der Waals surface area contributed by atoms with Crippen molar-refractivity contribution in [1.29, 1.82) is 0 Å². The van der Waals surface area contributed by atoms with Gasteiger partial charge in [-0.15, -0.1) is 0 Å². The molecule has 0 aliphatic heterocycles. The number of oxazole rings is 2. The van der Waals surface area contributed by atoms with E-state index in [1.165, 1.54) is 0 Å². The van der Waals surface area contributed by atoms with Crippen LogP contribution in [0.5, 0.6) is 0 Å². The molecule has 0 aliphatic carbocycles. The first-order valence-electron chi connectivity index (χ1n) is 16.8. The van der Waals surface area contributed by atoms with Gasteiger partial charge in [-0.05, 0) is 59.5 Å². The predicted molar refractivity (Wildman–Crippen MR) is 203 cm³/mol. The maximum absolute atomic E-state index is 6.01. The van der Waals surface area contributed by atoms with E-state index in [1.54, 1.807) is 0 Å². The fraction of sp³-hybridized carbons (Fsp3) is 0. The highest BCUT2D eigenvalue weighted by atomic mass is 16.4. The van der Waals surface area contributed by atoms with E-state index in [1.807, 2.05) is 134 Å². The maximum atomic E-state index is 6.01. The number of hydrogen-bond donors (Lipinski definition) is 0. The van der Waals surface area contributed by atoms with Crippen molar-refractivity contribution in [3.05, 3.63) is 158 Å². The van der Waals surface area contributed by atoms with Crippen molar-refractivity contribution < 1.29 is 8.83 Å². The molecule has 0 spiro atoms. The van der Waals surface area contributed by atoms with E-state index >= 15 is 0 Å². The van der Waals surface area contributed by atoms with Crippen LogP contribution in [-0.4, -0.2) is 29.9 Å². The van der Waals surface area contributed by atoms with E-state index in [9.17, 15) is 0 Å². The van der Waals surface area contributed by atoms with Crippen molar-refractivity contribution in [3.8, 4) is 68.2 Å². The molecule has 52 heavy (non-hydrogen) atoms. The number of nitrogens with zero attached hydrogens (tertiary/aromatic N) is 6. The first-order chi connectivity index (χ1) is 25.7. The molecule has 6 aromatic carbocycles. The van der Waals surface area contributed by atoms with Gasteiger partial charge < -0.3 is 8.83 Å². The zero-order valence-corrected chi connectivity index (χ0v) is 27.5. The summed E-state index contributed by atoms with van der Waals surface area (Å²) in [6.07, 6.45) is 3.80. The first kappa shape index (κ1) is 29.6. The lowest BCUT2D eigenvalue weighted by molar-refractivity contribution is 0.619. The average Bonchev–Trinajstić information content (AvgIpc) is 3.86. The van der Waals surface area contributed by atoms with Gasteiger partial charge in [0.05, 0.1) is 0 Å². The monoisotopic (exact) mass is 670 g/mol. The van der Waals surface area contributed by atoms with Gasteiger partial charge in [-0.3, -0.25) is 4.98 Å². The SMILES string of the molecule is c1ccc2c(-c3ccc(-c4nc(-c5ccc(-c6nc7ccccc7o6)cc5)nc(-c5ccc(-c6nc7ccccc7o6)cc5)n4)cc3)cncc2c1. The predicted octanol–water partition coefficient (Wildman–Crippen LogP) is 10.7. The fourth-order valence-corrected chi connectivity index (χ4v) is 6.42. The third-order valence-corrected chi connectivity index (χ3v) is 9.13. The Hall–Kier alpha value is -7.32. The summed E-state index contributed by atoms with van der Waals surface area (Å²) in [7, 11) is 0. The highest BCUT2D eigenvalue weighted by Crippen LogP contribution is 2.32. The summed E-state index contributed by atoms with van der Waals surface area (Å²) in [5, 5.41) is 2.25. The van der Waals surface area contributed by atoms with E-state index in [4.69, 9.17) is 23.8 Å². The summed E-state index contributed by atoms with van der Waals surface area (Å²) in [6, 6.07) is 47.9. The van der Waals surface area contributed by atoms with Crippen molar-refractivity contribution in [2.24, 2.45) is 0 Å². The third kappa shape index (κ3) is 5.35. The van der Waals surface area contributed by atoms with Gasteiger partial charge in [0, 0.05) is 51.2 Å². The molecule has 10 aromatic rings. The number of hydrogen-bond acceptors (Lipinski definition) is 8. The zero-order valence-electron chi connectivity index (χ0n) is 27.5. The number of para-hydroxylation sites is 4. The van der Waals surface area contributed by atoms with Crippen LogP contribution >= 0.6 is 0 Å². The van der Waals surface area contributed by atoms with E-state index in [-0.39, 0.29) is 0 Å². The van der Waals surface area contributed by atoms with E-state index < -0.39 is 0 Å². The Labute approximate surface area is 297 Å². The van der Waals surface area contributed by atoms with Crippen molar-refractivity contribution >= 4 is 33.0 Å². The normalized spacial score (nSPS) is 11.5. The lowest BCUT2D eigenvalue weighted by Gasteiger charge is -2.10. The molecule has 0 amide bonds. The minimum absolute atomic E-state index is 0.550. The fourth-order valence-electron chi connectivity index (χ4n) is 6.42. The summed E-state index contributed by atoms with van der Waals surface area (Å²) in [5.41, 5.74) is 9.54. The molecule has 0 bridgehead atoms. The van der Waals surface area contributed by atoms with Crippen LogP contribution in [0.4, 0.5) is 0 Å². The van der Waals surface area contributed by atoms with E-state index in [2.05, 4.69) is 39.2 Å². The Morgan fingerprint density at radius 2 is 0.769 bits per heavy atom. The molecule has 0 aliphatic rings. The summed E-state index contributed by atoms with van der Waals surface area (Å²) in [4.78, 5) is 28.7. The number of fused-ring (bicyclic) bond motifs is 3. The lowest BCUT2D eigenvalue weighted by atomic mass is 10.00. The van der Waals surface area contributed by atoms with Gasteiger partial charge in [0.25, 0.3) is 0 Å². The van der Waals surface area contributed by atoms with Crippen LogP contribution in [0.25, 0.3) is 101 Å². The Balaban J connectivity index is 1.04. The van der Waals surface area contributed by atoms with Gasteiger partial charge in [0.15, 0.2) is 28.6 Å². The molecule has 0 fully saturated rings. The average molecular weight is 671 g/mol. The lowest BCUT2D eigenvalue weighted by Crippen LogP contribution is -2.00. The highest BCUT2D eigenvalue weighted by Gasteiger charge is 2.16. The van der Waals surface area contributed by atoms with Crippen molar-refractivity contribution in [2.45, 2.75) is 0 Å². The van der Waals surface area contributed by atoms with Crippen LogP contribution in [0.3, 0.4) is 0 Å². The summed E-state index contributed by atoms with van der Waals surface area (Å²) in [5.74, 6) is 2.79. The van der Waals surface area contributed by atoms with Gasteiger partial charge in [0.2, 0.25) is 11.8 Å². The van der Waals surface area contributed by atoms with Crippen molar-refractivity contribution in [1.82, 2.24) is 29.9 Å². The molecule has 4 heterocycles. The van der Waals surface area contributed by atoms with Gasteiger partial charge in [-0.1, -0.05) is 97.1 Å². The Morgan fingerprint density at radius 1 is 0.346 bits per heavy atom. The summed E-state index contributed by atoms with van der Waals surface area (Å²) in [6.45, 7) is 0. The van der Waals surface area contributed by atoms with Crippen LogP contribution in [0.1, 0.15) is 0 Å². The molecule has 4 aromatic heterocycles. The van der Waals surface area contributed by atoms with Gasteiger partial charge in [0.1, 0.15) is 11.0 Å². The number of rotatable bonds is 6. The zero-order chi connectivity index (χ0) is 34.4. The molecule has 0 saturated heterocycles. The first-order valence-corrected chi connectivity index (χ1v) is 16.8. The summed E-state index contributed by atoms with van der Waals surface area (Å²) >= 11 is 0. The van der Waals surface area contributed by atoms with Crippen molar-refractivity contribution in [3.63, 3.8) is 0 Å². The smallest absolute Gasteiger partial charge is 0.227 e. The minimum atomic E-state index is 0.550. The van der Waals surface area contributed by atoms with E-state index in [0.29, 0.717) is 29.3 Å². The molecule has 0 N–H and O–H groups in total. The van der Waals surface area contributed by atoms with Crippen LogP contribution < -0.4 is 0 Å². The van der Waals surface area contributed by atoms with Crippen molar-refractivity contribution in [2.75, 3.05) is 0 Å². The Morgan fingerprint density at radius 3 is 1.27 bits per heavy atom. The van der Waals surface area contributed by atoms with Crippen LogP contribution in [0.2, 0.25) is 0 Å². The second-order valence-electron chi connectivity index (χ2n) is 12.4. The van der Waals surface area contributed by atoms with Gasteiger partial charge >= 0.3 is 0 Å². The summed E-state index contributed by atoms with van der Waals surface area (Å²) < 4.78 is 12.0.